The van der Waals surface area contributed by atoms with E-state index in [1.54, 1.807) is 0 Å². The summed E-state index contributed by atoms with van der Waals surface area (Å²) in [5.41, 5.74) is -3.82. The maximum atomic E-state index is 13.2. The van der Waals surface area contributed by atoms with E-state index >= 15 is 0 Å². The van der Waals surface area contributed by atoms with Gasteiger partial charge in [0.15, 0.2) is 0 Å². The fourth-order valence-corrected chi connectivity index (χ4v) is 8.25. The molecule has 0 fully saturated rings. The zero-order chi connectivity index (χ0) is 32.5. The van der Waals surface area contributed by atoms with Crippen LogP contribution in [0.5, 0.6) is 0 Å². The van der Waals surface area contributed by atoms with Crippen LogP contribution in [0.1, 0.15) is 22.3 Å². The van der Waals surface area contributed by atoms with E-state index in [4.69, 9.17) is 0 Å². The first-order valence-corrected chi connectivity index (χ1v) is 15.1. The SMILES string of the molecule is FC(F)(F)c1ccc(P(/C=C\P(c2ccc(C(F)(F)F)cc2)c2ccc(C(F)(F)F)cc2)c2ccc(C(F)(F)F)cc2)cc1. The van der Waals surface area contributed by atoms with Crippen molar-refractivity contribution in [2.75, 3.05) is 0 Å². The lowest BCUT2D eigenvalue weighted by Gasteiger charge is -2.20. The van der Waals surface area contributed by atoms with Gasteiger partial charge < -0.3 is 0 Å². The molecule has 0 atom stereocenters. The second-order valence-electron chi connectivity index (χ2n) is 9.22. The highest BCUT2D eigenvalue weighted by Gasteiger charge is 2.33. The summed E-state index contributed by atoms with van der Waals surface area (Å²) in [5, 5.41) is 1.27. The van der Waals surface area contributed by atoms with Crippen molar-refractivity contribution in [3.8, 4) is 0 Å². The van der Waals surface area contributed by atoms with Crippen LogP contribution in [0.15, 0.2) is 109 Å². The van der Waals surface area contributed by atoms with Gasteiger partial charge in [-0.15, -0.1) is 0 Å². The molecule has 44 heavy (non-hydrogen) atoms. The smallest absolute Gasteiger partial charge is 0.166 e. The number of hydrogen-bond donors (Lipinski definition) is 0. The van der Waals surface area contributed by atoms with Crippen LogP contribution in [-0.2, 0) is 24.7 Å². The lowest BCUT2D eigenvalue weighted by atomic mass is 10.2. The molecule has 0 spiro atoms. The first-order chi connectivity index (χ1) is 20.3. The van der Waals surface area contributed by atoms with Crippen LogP contribution in [0.3, 0.4) is 0 Å². The number of hydrogen-bond acceptors (Lipinski definition) is 0. The summed E-state index contributed by atoms with van der Waals surface area (Å²) < 4.78 is 158. The van der Waals surface area contributed by atoms with E-state index in [1.165, 1.54) is 60.2 Å². The molecule has 232 valence electrons. The summed E-state index contributed by atoms with van der Waals surface area (Å²) in [4.78, 5) is 0. The normalized spacial score (nSPS) is 13.3. The predicted molar refractivity (Wildman–Crippen MR) is 147 cm³/mol. The molecule has 0 N–H and O–H groups in total. The Morgan fingerprint density at radius 1 is 0.295 bits per heavy atom. The maximum Gasteiger partial charge on any atom is 0.416 e. The van der Waals surface area contributed by atoms with Crippen molar-refractivity contribution in [3.63, 3.8) is 0 Å². The topological polar surface area (TPSA) is 0 Å². The average molecular weight is 668 g/mol. The van der Waals surface area contributed by atoms with Gasteiger partial charge in [-0.05, 0) is 85.6 Å². The van der Waals surface area contributed by atoms with Gasteiger partial charge in [-0.1, -0.05) is 60.2 Å². The summed E-state index contributed by atoms with van der Waals surface area (Å²) >= 11 is 0. The molecule has 0 aromatic heterocycles. The van der Waals surface area contributed by atoms with Crippen LogP contribution < -0.4 is 21.2 Å². The van der Waals surface area contributed by atoms with Crippen molar-refractivity contribution in [1.29, 1.82) is 0 Å². The second kappa shape index (κ2) is 12.6. The minimum atomic E-state index is -4.65. The Labute approximate surface area is 245 Å². The van der Waals surface area contributed by atoms with Crippen LogP contribution in [-0.4, -0.2) is 0 Å². The summed E-state index contributed by atoms with van der Waals surface area (Å²) in [6.45, 7) is 0. The zero-order valence-electron chi connectivity index (χ0n) is 21.8. The van der Waals surface area contributed by atoms with E-state index in [2.05, 4.69) is 0 Å². The molecule has 0 radical (unpaired) electrons. The fourth-order valence-electron chi connectivity index (χ4n) is 4.02. The Hall–Kier alpha value is -3.36. The molecular formula is C30H18F12P2. The molecule has 14 heteroatoms. The van der Waals surface area contributed by atoms with Crippen LogP contribution in [0.25, 0.3) is 0 Å². The van der Waals surface area contributed by atoms with Crippen LogP contribution >= 0.6 is 15.8 Å². The number of halogens is 12. The highest BCUT2D eigenvalue weighted by Crippen LogP contribution is 2.44. The van der Waals surface area contributed by atoms with Gasteiger partial charge >= 0.3 is 24.7 Å². The van der Waals surface area contributed by atoms with Crippen LogP contribution in [0, 0.1) is 0 Å². The molecule has 0 aliphatic heterocycles. The van der Waals surface area contributed by atoms with Gasteiger partial charge in [0.1, 0.15) is 0 Å². The summed E-state index contributed by atoms with van der Waals surface area (Å²) in [5.74, 6) is 3.06. The molecule has 0 bridgehead atoms. The molecule has 0 aliphatic rings. The number of rotatable bonds is 6. The van der Waals surface area contributed by atoms with E-state index in [0.29, 0.717) is 21.2 Å². The minimum Gasteiger partial charge on any atom is -0.166 e. The van der Waals surface area contributed by atoms with Crippen molar-refractivity contribution < 1.29 is 52.7 Å². The van der Waals surface area contributed by atoms with E-state index < -0.39 is 62.8 Å². The average Bonchev–Trinajstić information content (AvgIpc) is 2.94. The number of benzene rings is 4. The van der Waals surface area contributed by atoms with Gasteiger partial charge in [0, 0.05) is 0 Å². The van der Waals surface area contributed by atoms with Gasteiger partial charge in [-0.25, -0.2) is 0 Å². The third-order valence-corrected chi connectivity index (χ3v) is 10.8. The molecule has 4 rings (SSSR count). The minimum absolute atomic E-state index is 0.318. The maximum absolute atomic E-state index is 13.2. The Bertz CT molecular complexity index is 1330. The van der Waals surface area contributed by atoms with Crippen molar-refractivity contribution >= 4 is 37.1 Å². The van der Waals surface area contributed by atoms with Crippen molar-refractivity contribution in [2.45, 2.75) is 24.7 Å². The standard InChI is InChI=1S/C30H18F12P2/c31-27(32,33)19-1-9-23(10-2-19)43(24-11-3-20(4-12-24)28(34,35)36)17-18-44(25-13-5-21(6-14-25)29(37,38)39)26-15-7-22(8-16-26)30(40,41)42/h1-18H/b18-17-. The Morgan fingerprint density at radius 3 is 0.591 bits per heavy atom. The van der Waals surface area contributed by atoms with Gasteiger partial charge in [0.05, 0.1) is 22.3 Å². The van der Waals surface area contributed by atoms with Crippen molar-refractivity contribution in [1.82, 2.24) is 0 Å². The molecule has 0 saturated heterocycles. The van der Waals surface area contributed by atoms with E-state index in [0.717, 1.165) is 48.5 Å². The largest absolute Gasteiger partial charge is 0.416 e. The summed E-state index contributed by atoms with van der Waals surface area (Å²) in [6, 6.07) is 15.9. The highest BCUT2D eigenvalue weighted by molar-refractivity contribution is 7.79. The molecule has 0 amide bonds. The molecule has 4 aromatic rings. The van der Waals surface area contributed by atoms with Crippen molar-refractivity contribution in [2.24, 2.45) is 0 Å². The van der Waals surface area contributed by atoms with Crippen LogP contribution in [0.2, 0.25) is 0 Å². The monoisotopic (exact) mass is 668 g/mol. The Kier molecular flexibility index (Phi) is 9.57. The van der Waals surface area contributed by atoms with Gasteiger partial charge in [-0.3, -0.25) is 0 Å². The van der Waals surface area contributed by atoms with E-state index in [-0.39, 0.29) is 0 Å². The molecule has 0 saturated carbocycles. The lowest BCUT2D eigenvalue weighted by molar-refractivity contribution is -0.138. The molecule has 0 nitrogen and oxygen atoms in total. The zero-order valence-corrected chi connectivity index (χ0v) is 23.6. The molecule has 0 aliphatic carbocycles. The summed E-state index contributed by atoms with van der Waals surface area (Å²) in [6.07, 6.45) is -18.6. The highest BCUT2D eigenvalue weighted by atomic mass is 31.1. The first kappa shape index (κ1) is 33.5. The molecular weight excluding hydrogens is 650 g/mol. The van der Waals surface area contributed by atoms with E-state index in [1.807, 2.05) is 0 Å². The predicted octanol–water partition coefficient (Wildman–Crippen LogP) is 9.80. The van der Waals surface area contributed by atoms with Crippen LogP contribution in [0.4, 0.5) is 52.7 Å². The van der Waals surface area contributed by atoms with E-state index in [9.17, 15) is 52.7 Å². The number of alkyl halides is 12. The third kappa shape index (κ3) is 8.21. The molecule has 0 unspecified atom stereocenters. The second-order valence-corrected chi connectivity index (χ2v) is 13.4. The molecule has 4 aromatic carbocycles. The summed E-state index contributed by atoms with van der Waals surface area (Å²) in [7, 11) is -3.54. The lowest BCUT2D eigenvalue weighted by Crippen LogP contribution is -2.15. The first-order valence-electron chi connectivity index (χ1n) is 12.3. The molecule has 0 heterocycles. The van der Waals surface area contributed by atoms with Gasteiger partial charge in [0.2, 0.25) is 0 Å². The van der Waals surface area contributed by atoms with Crippen molar-refractivity contribution in [3.05, 3.63) is 131 Å². The van der Waals surface area contributed by atoms with Gasteiger partial charge in [0.25, 0.3) is 0 Å². The fraction of sp³-hybridized carbons (Fsp3) is 0.133. The van der Waals surface area contributed by atoms with Gasteiger partial charge in [-0.2, -0.15) is 52.7 Å². The third-order valence-electron chi connectivity index (χ3n) is 6.26. The quantitative estimate of drug-likeness (QED) is 0.142. The Balaban J connectivity index is 1.82. The Morgan fingerprint density at radius 2 is 0.455 bits per heavy atom.